The van der Waals surface area contributed by atoms with E-state index in [9.17, 15) is 0 Å². The van der Waals surface area contributed by atoms with Gasteiger partial charge in [0.05, 0.1) is 6.20 Å². The molecule has 1 saturated carbocycles. The van der Waals surface area contributed by atoms with Gasteiger partial charge in [0.15, 0.2) is 0 Å². The third kappa shape index (κ3) is 2.53. The van der Waals surface area contributed by atoms with E-state index in [-0.39, 0.29) is 0 Å². The molecule has 0 spiro atoms. The molecule has 1 aliphatic carbocycles. The Hall–Kier alpha value is -1.84. The van der Waals surface area contributed by atoms with Gasteiger partial charge in [-0.3, -0.25) is 0 Å². The Labute approximate surface area is 106 Å². The molecular weight excluding hydrogens is 226 g/mol. The molecule has 1 N–H and O–H groups in total. The lowest BCUT2D eigenvalue weighted by Gasteiger charge is -2.23. The van der Waals surface area contributed by atoms with E-state index >= 15 is 0 Å². The number of hydrogen-bond donors (Lipinski definition) is 1. The highest BCUT2D eigenvalue weighted by atomic mass is 16.3. The molecule has 4 heteroatoms. The molecule has 1 fully saturated rings. The van der Waals surface area contributed by atoms with Gasteiger partial charge in [0.25, 0.3) is 0 Å². The van der Waals surface area contributed by atoms with Crippen molar-refractivity contribution in [3.63, 3.8) is 0 Å². The lowest BCUT2D eigenvalue weighted by molar-refractivity contribution is 0.462. The van der Waals surface area contributed by atoms with Gasteiger partial charge in [0.1, 0.15) is 12.1 Å². The number of nitrogens with one attached hydrogen (secondary N) is 1. The Morgan fingerprint density at radius 3 is 2.78 bits per heavy atom. The van der Waals surface area contributed by atoms with Crippen molar-refractivity contribution in [1.82, 2.24) is 9.97 Å². The van der Waals surface area contributed by atoms with Crippen LogP contribution in [0.15, 0.2) is 35.2 Å². The van der Waals surface area contributed by atoms with Gasteiger partial charge in [-0.1, -0.05) is 19.3 Å². The fourth-order valence-electron chi connectivity index (χ4n) is 2.46. The van der Waals surface area contributed by atoms with Crippen LogP contribution in [0.5, 0.6) is 0 Å². The quantitative estimate of drug-likeness (QED) is 0.896. The molecular formula is C14H17N3O. The van der Waals surface area contributed by atoms with Gasteiger partial charge in [0.2, 0.25) is 5.89 Å². The molecule has 0 aromatic carbocycles. The van der Waals surface area contributed by atoms with Crippen LogP contribution in [0.4, 0.5) is 5.82 Å². The van der Waals surface area contributed by atoms with E-state index in [0.717, 1.165) is 11.4 Å². The Kier molecular flexibility index (Phi) is 3.26. The maximum atomic E-state index is 5.30. The molecule has 2 heterocycles. The number of rotatable bonds is 3. The highest BCUT2D eigenvalue weighted by Gasteiger charge is 2.13. The smallest absolute Gasteiger partial charge is 0.226 e. The van der Waals surface area contributed by atoms with Crippen LogP contribution in [-0.2, 0) is 0 Å². The van der Waals surface area contributed by atoms with E-state index < -0.39 is 0 Å². The second kappa shape index (κ2) is 5.21. The molecule has 0 radical (unpaired) electrons. The van der Waals surface area contributed by atoms with Crippen LogP contribution in [0.2, 0.25) is 0 Å². The average Bonchev–Trinajstić information content (AvgIpc) is 2.94. The van der Waals surface area contributed by atoms with Gasteiger partial charge in [-0.15, -0.1) is 0 Å². The van der Waals surface area contributed by atoms with Crippen LogP contribution < -0.4 is 5.32 Å². The SMILES string of the molecule is c1cc(-c2ncco2)cc(NC2CCCCC2)n1. The van der Waals surface area contributed by atoms with Crippen molar-refractivity contribution >= 4 is 5.82 Å². The number of oxazole rings is 1. The molecule has 94 valence electrons. The summed E-state index contributed by atoms with van der Waals surface area (Å²) in [6.07, 6.45) is 11.5. The minimum atomic E-state index is 0.561. The molecule has 2 aromatic rings. The van der Waals surface area contributed by atoms with Crippen molar-refractivity contribution < 1.29 is 4.42 Å². The minimum Gasteiger partial charge on any atom is -0.445 e. The van der Waals surface area contributed by atoms with Gasteiger partial charge >= 0.3 is 0 Å². The van der Waals surface area contributed by atoms with Crippen LogP contribution in [0.1, 0.15) is 32.1 Å². The predicted molar refractivity (Wildman–Crippen MR) is 70.2 cm³/mol. The monoisotopic (exact) mass is 243 g/mol. The van der Waals surface area contributed by atoms with Crippen molar-refractivity contribution in [2.45, 2.75) is 38.1 Å². The molecule has 18 heavy (non-hydrogen) atoms. The third-order valence-corrected chi connectivity index (χ3v) is 3.40. The van der Waals surface area contributed by atoms with Gasteiger partial charge in [-0.2, -0.15) is 0 Å². The number of hydrogen-bond acceptors (Lipinski definition) is 4. The predicted octanol–water partition coefficient (Wildman–Crippen LogP) is 3.48. The zero-order valence-electron chi connectivity index (χ0n) is 10.3. The largest absolute Gasteiger partial charge is 0.445 e. The van der Waals surface area contributed by atoms with E-state index in [1.165, 1.54) is 32.1 Å². The standard InChI is InChI=1S/C14H17N3O/c1-2-4-12(5-3-1)17-13-10-11(6-7-15-13)14-16-8-9-18-14/h6-10,12H,1-5H2,(H,15,17). The van der Waals surface area contributed by atoms with Crippen molar-refractivity contribution in [2.75, 3.05) is 5.32 Å². The summed E-state index contributed by atoms with van der Waals surface area (Å²) in [5.74, 6) is 1.56. The Bertz CT molecular complexity index is 490. The highest BCUT2D eigenvalue weighted by molar-refractivity contribution is 5.58. The lowest BCUT2D eigenvalue weighted by Crippen LogP contribution is -2.22. The number of nitrogens with zero attached hydrogens (tertiary/aromatic N) is 2. The van der Waals surface area contributed by atoms with Crippen molar-refractivity contribution in [1.29, 1.82) is 0 Å². The van der Waals surface area contributed by atoms with Crippen LogP contribution in [0, 0.1) is 0 Å². The summed E-state index contributed by atoms with van der Waals surface area (Å²) < 4.78 is 5.30. The Balaban J connectivity index is 1.74. The number of aromatic nitrogens is 2. The first-order chi connectivity index (χ1) is 8.92. The summed E-state index contributed by atoms with van der Waals surface area (Å²) in [7, 11) is 0. The van der Waals surface area contributed by atoms with Gasteiger partial charge in [-0.05, 0) is 25.0 Å². The molecule has 0 saturated heterocycles. The summed E-state index contributed by atoms with van der Waals surface area (Å²) in [6, 6.07) is 4.48. The van der Waals surface area contributed by atoms with Crippen molar-refractivity contribution in [3.05, 3.63) is 30.8 Å². The summed E-state index contributed by atoms with van der Waals surface area (Å²) in [4.78, 5) is 8.52. The molecule has 0 bridgehead atoms. The van der Waals surface area contributed by atoms with Gasteiger partial charge < -0.3 is 9.73 Å². The summed E-state index contributed by atoms with van der Waals surface area (Å²) >= 11 is 0. The highest BCUT2D eigenvalue weighted by Crippen LogP contribution is 2.23. The second-order valence-corrected chi connectivity index (χ2v) is 4.75. The fraction of sp³-hybridized carbons (Fsp3) is 0.429. The molecule has 3 rings (SSSR count). The van der Waals surface area contributed by atoms with E-state index in [1.807, 2.05) is 12.1 Å². The van der Waals surface area contributed by atoms with Crippen molar-refractivity contribution in [3.8, 4) is 11.5 Å². The first-order valence-electron chi connectivity index (χ1n) is 6.54. The molecule has 2 aromatic heterocycles. The number of anilines is 1. The molecule has 0 atom stereocenters. The van der Waals surface area contributed by atoms with E-state index in [2.05, 4.69) is 15.3 Å². The fourth-order valence-corrected chi connectivity index (χ4v) is 2.46. The minimum absolute atomic E-state index is 0.561. The summed E-state index contributed by atoms with van der Waals surface area (Å²) in [6.45, 7) is 0. The normalized spacial score (nSPS) is 16.7. The number of pyridine rings is 1. The van der Waals surface area contributed by atoms with Crippen LogP contribution in [0.25, 0.3) is 11.5 Å². The van der Waals surface area contributed by atoms with Crippen LogP contribution in [0.3, 0.4) is 0 Å². The Morgan fingerprint density at radius 2 is 2.00 bits per heavy atom. The molecule has 0 aliphatic heterocycles. The Morgan fingerprint density at radius 1 is 1.11 bits per heavy atom. The molecule has 0 amide bonds. The average molecular weight is 243 g/mol. The van der Waals surface area contributed by atoms with Crippen molar-refractivity contribution in [2.24, 2.45) is 0 Å². The lowest BCUT2D eigenvalue weighted by atomic mass is 9.95. The van der Waals surface area contributed by atoms with Gasteiger partial charge in [0, 0.05) is 17.8 Å². The zero-order valence-corrected chi connectivity index (χ0v) is 10.3. The molecule has 0 unspecified atom stereocenters. The molecule has 4 nitrogen and oxygen atoms in total. The molecule has 1 aliphatic rings. The topological polar surface area (TPSA) is 51.0 Å². The van der Waals surface area contributed by atoms with Gasteiger partial charge in [-0.25, -0.2) is 9.97 Å². The maximum Gasteiger partial charge on any atom is 0.226 e. The third-order valence-electron chi connectivity index (χ3n) is 3.40. The van der Waals surface area contributed by atoms with E-state index in [0.29, 0.717) is 11.9 Å². The summed E-state index contributed by atoms with van der Waals surface area (Å²) in [5.41, 5.74) is 0.966. The first kappa shape index (κ1) is 11.3. The zero-order chi connectivity index (χ0) is 12.2. The van der Waals surface area contributed by atoms with E-state index in [4.69, 9.17) is 4.42 Å². The first-order valence-corrected chi connectivity index (χ1v) is 6.54. The van der Waals surface area contributed by atoms with E-state index in [1.54, 1.807) is 18.7 Å². The maximum absolute atomic E-state index is 5.30. The summed E-state index contributed by atoms with van der Waals surface area (Å²) in [5, 5.41) is 3.50. The van der Waals surface area contributed by atoms with Crippen LogP contribution in [-0.4, -0.2) is 16.0 Å². The van der Waals surface area contributed by atoms with Crippen LogP contribution >= 0.6 is 0 Å². The second-order valence-electron chi connectivity index (χ2n) is 4.75.